The Labute approximate surface area is 237 Å². The minimum absolute atomic E-state index is 0.284. The van der Waals surface area contributed by atoms with Crippen LogP contribution >= 0.6 is 11.3 Å². The second-order valence-electron chi connectivity index (χ2n) is 9.50. The number of nitrogens with zero attached hydrogens (tertiary/aromatic N) is 1. The first-order valence-corrected chi connectivity index (χ1v) is 13.8. The van der Waals surface area contributed by atoms with E-state index < -0.39 is 0 Å². The molecule has 0 aliphatic heterocycles. The minimum atomic E-state index is -0.325. The number of hydrogen-bond acceptors (Lipinski definition) is 6. The summed E-state index contributed by atoms with van der Waals surface area (Å²) in [6, 6.07) is 22.5. The summed E-state index contributed by atoms with van der Waals surface area (Å²) in [7, 11) is 0. The number of nitrogen functional groups attached to an aromatic ring is 1. The van der Waals surface area contributed by atoms with E-state index in [4.69, 9.17) is 15.5 Å². The number of nitrogens with one attached hydrogen (secondary N) is 2. The number of carbonyl (C=O) groups excluding carboxylic acids is 2. The van der Waals surface area contributed by atoms with Crippen molar-refractivity contribution in [2.45, 2.75) is 27.7 Å². The second kappa shape index (κ2) is 11.2. The van der Waals surface area contributed by atoms with Crippen molar-refractivity contribution in [3.05, 3.63) is 100 Å². The first-order chi connectivity index (χ1) is 19.3. The smallest absolute Gasteiger partial charge is 0.267 e. The number of anilines is 3. The van der Waals surface area contributed by atoms with E-state index in [0.717, 1.165) is 22.4 Å². The average molecular weight is 551 g/mol. The van der Waals surface area contributed by atoms with Gasteiger partial charge in [-0.3, -0.25) is 9.59 Å². The maximum atomic E-state index is 13.7. The van der Waals surface area contributed by atoms with Crippen LogP contribution in [0.4, 0.5) is 17.1 Å². The fraction of sp³-hybridized carbons (Fsp3) is 0.156. The fourth-order valence-electron chi connectivity index (χ4n) is 4.61. The summed E-state index contributed by atoms with van der Waals surface area (Å²) in [5.74, 6) is 0.0818. The third kappa shape index (κ3) is 5.26. The van der Waals surface area contributed by atoms with Crippen molar-refractivity contribution in [3.8, 4) is 16.9 Å². The van der Waals surface area contributed by atoms with Crippen molar-refractivity contribution in [2.24, 2.45) is 0 Å². The van der Waals surface area contributed by atoms with Gasteiger partial charge < -0.3 is 21.1 Å². The molecule has 0 aliphatic rings. The molecule has 2 amide bonds. The zero-order valence-corrected chi connectivity index (χ0v) is 23.6. The summed E-state index contributed by atoms with van der Waals surface area (Å²) in [5, 5.41) is 6.51. The van der Waals surface area contributed by atoms with Crippen molar-refractivity contribution in [1.82, 2.24) is 4.98 Å². The molecule has 0 bridgehead atoms. The lowest BCUT2D eigenvalue weighted by molar-refractivity contribution is 0.102. The van der Waals surface area contributed by atoms with Crippen molar-refractivity contribution in [1.29, 1.82) is 0 Å². The Hall–Kier alpha value is -4.69. The van der Waals surface area contributed by atoms with Gasteiger partial charge in [0, 0.05) is 22.3 Å². The van der Waals surface area contributed by atoms with Gasteiger partial charge in [-0.1, -0.05) is 36.4 Å². The third-order valence-corrected chi connectivity index (χ3v) is 7.84. The third-order valence-electron chi connectivity index (χ3n) is 6.74. The SMILES string of the molecule is CCOc1ccc(-c2c(C(=O)Nc3ccccc3)c(C)nc3sc(C(=O)Nc4ccc(C)c(C)c4)c(N)c23)cc1. The molecule has 7 nitrogen and oxygen atoms in total. The Morgan fingerprint density at radius 3 is 2.25 bits per heavy atom. The molecule has 0 aliphatic carbocycles. The largest absolute Gasteiger partial charge is 0.494 e. The molecule has 5 aromatic rings. The molecule has 8 heteroatoms. The Kier molecular flexibility index (Phi) is 7.53. The number of aryl methyl sites for hydroxylation is 3. The number of nitrogens with two attached hydrogens (primary N) is 1. The molecule has 202 valence electrons. The standard InChI is InChI=1S/C32H30N4O3S/c1-5-39-24-15-12-21(13-16-24)26-25(30(37)35-22-9-7-6-8-10-22)20(4)34-32-27(26)28(33)29(40-32)31(38)36-23-14-11-18(2)19(3)17-23/h6-17H,5,33H2,1-4H3,(H,35,37)(H,36,38). The Balaban J connectivity index is 1.65. The van der Waals surface area contributed by atoms with E-state index >= 15 is 0 Å². The van der Waals surface area contributed by atoms with Crippen LogP contribution in [0.2, 0.25) is 0 Å². The lowest BCUT2D eigenvalue weighted by Gasteiger charge is -2.15. The van der Waals surface area contributed by atoms with Gasteiger partial charge >= 0.3 is 0 Å². The molecule has 0 saturated carbocycles. The molecule has 40 heavy (non-hydrogen) atoms. The molecular weight excluding hydrogens is 520 g/mol. The number of carbonyl (C=O) groups is 2. The molecule has 0 spiro atoms. The molecule has 0 atom stereocenters. The minimum Gasteiger partial charge on any atom is -0.494 e. The number of hydrogen-bond donors (Lipinski definition) is 3. The number of amides is 2. The van der Waals surface area contributed by atoms with Gasteiger partial charge in [-0.15, -0.1) is 11.3 Å². The van der Waals surface area contributed by atoms with Gasteiger partial charge in [-0.05, 0) is 80.8 Å². The topological polar surface area (TPSA) is 106 Å². The first-order valence-electron chi connectivity index (χ1n) is 13.0. The summed E-state index contributed by atoms with van der Waals surface area (Å²) in [6.07, 6.45) is 0. The predicted octanol–water partition coefficient (Wildman–Crippen LogP) is 7.37. The first kappa shape index (κ1) is 26.9. The molecule has 0 saturated heterocycles. The summed E-state index contributed by atoms with van der Waals surface area (Å²) >= 11 is 1.21. The molecule has 4 N–H and O–H groups in total. The van der Waals surface area contributed by atoms with E-state index in [0.29, 0.717) is 49.9 Å². The summed E-state index contributed by atoms with van der Waals surface area (Å²) in [5.41, 5.74) is 12.9. The molecule has 5 rings (SSSR count). The quantitative estimate of drug-likeness (QED) is 0.196. The Morgan fingerprint density at radius 2 is 1.57 bits per heavy atom. The van der Waals surface area contributed by atoms with E-state index in [2.05, 4.69) is 10.6 Å². The molecule has 2 aromatic heterocycles. The molecule has 0 unspecified atom stereocenters. The highest BCUT2D eigenvalue weighted by atomic mass is 32.1. The highest BCUT2D eigenvalue weighted by molar-refractivity contribution is 7.21. The Bertz CT molecular complexity index is 1730. The van der Waals surface area contributed by atoms with Crippen LogP contribution in [0.3, 0.4) is 0 Å². The maximum absolute atomic E-state index is 13.7. The monoisotopic (exact) mass is 550 g/mol. The summed E-state index contributed by atoms with van der Waals surface area (Å²) < 4.78 is 5.63. The van der Waals surface area contributed by atoms with Gasteiger partial charge in [0.05, 0.1) is 23.6 Å². The van der Waals surface area contributed by atoms with Gasteiger partial charge in [-0.2, -0.15) is 0 Å². The number of rotatable bonds is 7. The lowest BCUT2D eigenvalue weighted by Crippen LogP contribution is -2.16. The van der Waals surface area contributed by atoms with E-state index in [1.54, 1.807) is 6.92 Å². The predicted molar refractivity (Wildman–Crippen MR) is 164 cm³/mol. The number of fused-ring (bicyclic) bond motifs is 1. The van der Waals surface area contributed by atoms with E-state index in [1.165, 1.54) is 11.3 Å². The van der Waals surface area contributed by atoms with Gasteiger partial charge in [0.2, 0.25) is 0 Å². The molecule has 3 aromatic carbocycles. The fourth-order valence-corrected chi connectivity index (χ4v) is 5.65. The molecule has 0 fully saturated rings. The highest BCUT2D eigenvalue weighted by Gasteiger charge is 2.27. The van der Waals surface area contributed by atoms with E-state index in [-0.39, 0.29) is 17.5 Å². The number of ether oxygens (including phenoxy) is 1. The lowest BCUT2D eigenvalue weighted by atomic mass is 9.94. The van der Waals surface area contributed by atoms with Gasteiger partial charge in [0.25, 0.3) is 11.8 Å². The number of aromatic nitrogens is 1. The second-order valence-corrected chi connectivity index (χ2v) is 10.5. The number of benzene rings is 3. The van der Waals surface area contributed by atoms with Crippen LogP contribution in [-0.4, -0.2) is 23.4 Å². The number of thiophene rings is 1. The van der Waals surface area contributed by atoms with Crippen LogP contribution in [0, 0.1) is 20.8 Å². The van der Waals surface area contributed by atoms with Gasteiger partial charge in [-0.25, -0.2) is 4.98 Å². The highest BCUT2D eigenvalue weighted by Crippen LogP contribution is 2.43. The van der Waals surface area contributed by atoms with E-state index in [1.807, 2.05) is 93.6 Å². The van der Waals surface area contributed by atoms with Gasteiger partial charge in [0.1, 0.15) is 15.5 Å². The van der Waals surface area contributed by atoms with Crippen LogP contribution < -0.4 is 21.1 Å². The van der Waals surface area contributed by atoms with Crippen molar-refractivity contribution in [2.75, 3.05) is 23.0 Å². The zero-order chi connectivity index (χ0) is 28.4. The van der Waals surface area contributed by atoms with Crippen molar-refractivity contribution < 1.29 is 14.3 Å². The normalized spacial score (nSPS) is 10.9. The average Bonchev–Trinajstić information content (AvgIpc) is 3.27. The summed E-state index contributed by atoms with van der Waals surface area (Å²) in [4.78, 5) is 32.8. The summed E-state index contributed by atoms with van der Waals surface area (Å²) in [6.45, 7) is 8.27. The van der Waals surface area contributed by atoms with Crippen molar-refractivity contribution in [3.63, 3.8) is 0 Å². The molecule has 2 heterocycles. The number of pyridine rings is 1. The number of para-hydroxylation sites is 1. The van der Waals surface area contributed by atoms with Gasteiger partial charge in [0.15, 0.2) is 0 Å². The van der Waals surface area contributed by atoms with E-state index in [9.17, 15) is 9.59 Å². The Morgan fingerprint density at radius 1 is 0.875 bits per heavy atom. The van der Waals surface area contributed by atoms with Crippen LogP contribution in [0.25, 0.3) is 21.3 Å². The van der Waals surface area contributed by atoms with Crippen LogP contribution in [0.15, 0.2) is 72.8 Å². The molecule has 0 radical (unpaired) electrons. The van der Waals surface area contributed by atoms with Crippen LogP contribution in [0.5, 0.6) is 5.75 Å². The van der Waals surface area contributed by atoms with Crippen molar-refractivity contribution >= 4 is 50.4 Å². The van der Waals surface area contributed by atoms with Crippen LogP contribution in [-0.2, 0) is 0 Å². The maximum Gasteiger partial charge on any atom is 0.267 e. The van der Waals surface area contributed by atoms with Crippen LogP contribution in [0.1, 0.15) is 43.8 Å². The molecular formula is C32H30N4O3S. The zero-order valence-electron chi connectivity index (χ0n) is 22.8.